The number of hydrogen-bond acceptors (Lipinski definition) is 1. The lowest BCUT2D eigenvalue weighted by Crippen LogP contribution is -1.97. The van der Waals surface area contributed by atoms with Crippen molar-refractivity contribution in [2.45, 2.75) is 24.2 Å². The highest BCUT2D eigenvalue weighted by Crippen LogP contribution is 2.07. The van der Waals surface area contributed by atoms with Crippen LogP contribution in [0.15, 0.2) is 35.2 Å². The van der Waals surface area contributed by atoms with Gasteiger partial charge < -0.3 is 0 Å². The van der Waals surface area contributed by atoms with Gasteiger partial charge in [0.05, 0.1) is 10.8 Å². The van der Waals surface area contributed by atoms with Crippen molar-refractivity contribution >= 4 is 10.8 Å². The summed E-state index contributed by atoms with van der Waals surface area (Å²) in [5.74, 6) is 3.30. The summed E-state index contributed by atoms with van der Waals surface area (Å²) < 4.78 is 11.7. The molecular formula is C12H14OS. The maximum Gasteiger partial charge on any atom is 0.0529 e. The smallest absolute Gasteiger partial charge is 0.0529 e. The van der Waals surface area contributed by atoms with Crippen LogP contribution in [-0.4, -0.2) is 9.96 Å². The second-order valence-corrected chi connectivity index (χ2v) is 4.59. The summed E-state index contributed by atoms with van der Waals surface area (Å²) in [4.78, 5) is 0.910. The minimum absolute atomic E-state index is 0.714. The molecule has 74 valence electrons. The molecule has 0 spiro atoms. The molecule has 0 fully saturated rings. The van der Waals surface area contributed by atoms with Crippen LogP contribution < -0.4 is 0 Å². The van der Waals surface area contributed by atoms with Gasteiger partial charge in [0.15, 0.2) is 0 Å². The Bertz CT molecular complexity index is 324. The van der Waals surface area contributed by atoms with E-state index >= 15 is 0 Å². The number of hydrogen-bond donors (Lipinski definition) is 0. The Morgan fingerprint density at radius 3 is 2.57 bits per heavy atom. The molecule has 0 aromatic heterocycles. The average molecular weight is 206 g/mol. The maximum absolute atomic E-state index is 11.7. The summed E-state index contributed by atoms with van der Waals surface area (Å²) in [5, 5.41) is 0. The molecule has 1 atom stereocenters. The van der Waals surface area contributed by atoms with Gasteiger partial charge in [-0.3, -0.25) is 4.21 Å². The van der Waals surface area contributed by atoms with Crippen LogP contribution in [0.5, 0.6) is 0 Å². The number of benzene rings is 1. The van der Waals surface area contributed by atoms with Crippen LogP contribution in [0.4, 0.5) is 0 Å². The van der Waals surface area contributed by atoms with Crippen molar-refractivity contribution in [2.24, 2.45) is 0 Å². The normalized spacial score (nSPS) is 11.9. The lowest BCUT2D eigenvalue weighted by atomic mass is 10.3. The van der Waals surface area contributed by atoms with Crippen molar-refractivity contribution in [1.29, 1.82) is 0 Å². The topological polar surface area (TPSA) is 17.1 Å². The van der Waals surface area contributed by atoms with Crippen LogP contribution in [-0.2, 0) is 10.8 Å². The molecule has 14 heavy (non-hydrogen) atoms. The van der Waals surface area contributed by atoms with E-state index in [1.807, 2.05) is 30.3 Å². The van der Waals surface area contributed by atoms with Gasteiger partial charge in [-0.15, -0.1) is 12.3 Å². The van der Waals surface area contributed by atoms with E-state index in [-0.39, 0.29) is 0 Å². The summed E-state index contributed by atoms with van der Waals surface area (Å²) in [6.45, 7) is 0. The van der Waals surface area contributed by atoms with Crippen molar-refractivity contribution in [2.75, 3.05) is 5.75 Å². The van der Waals surface area contributed by atoms with E-state index in [0.717, 1.165) is 24.2 Å². The minimum Gasteiger partial charge on any atom is -0.254 e. The first-order valence-electron chi connectivity index (χ1n) is 4.71. The third-order valence-electron chi connectivity index (χ3n) is 1.91. The summed E-state index contributed by atoms with van der Waals surface area (Å²) in [7, 11) is -0.855. The molecule has 0 saturated carbocycles. The van der Waals surface area contributed by atoms with Crippen LogP contribution in [0.1, 0.15) is 19.3 Å². The van der Waals surface area contributed by atoms with E-state index in [1.54, 1.807) is 0 Å². The molecule has 1 rings (SSSR count). The Kier molecular flexibility index (Phi) is 5.03. The van der Waals surface area contributed by atoms with Crippen molar-refractivity contribution in [3.05, 3.63) is 30.3 Å². The van der Waals surface area contributed by atoms with E-state index in [2.05, 4.69) is 5.92 Å². The summed E-state index contributed by atoms with van der Waals surface area (Å²) in [6.07, 6.45) is 7.82. The summed E-state index contributed by atoms with van der Waals surface area (Å²) in [6, 6.07) is 9.55. The second kappa shape index (κ2) is 6.39. The van der Waals surface area contributed by atoms with Gasteiger partial charge in [0, 0.05) is 17.1 Å². The summed E-state index contributed by atoms with van der Waals surface area (Å²) >= 11 is 0. The largest absolute Gasteiger partial charge is 0.254 e. The highest BCUT2D eigenvalue weighted by Gasteiger charge is 2.01. The minimum atomic E-state index is -0.855. The average Bonchev–Trinajstić information content (AvgIpc) is 2.25. The van der Waals surface area contributed by atoms with Gasteiger partial charge in [-0.2, -0.15) is 0 Å². The molecule has 1 aromatic carbocycles. The Morgan fingerprint density at radius 2 is 1.93 bits per heavy atom. The van der Waals surface area contributed by atoms with E-state index in [4.69, 9.17) is 6.42 Å². The molecule has 0 amide bonds. The van der Waals surface area contributed by atoms with Crippen molar-refractivity contribution < 1.29 is 4.21 Å². The molecule has 0 N–H and O–H groups in total. The number of rotatable bonds is 5. The van der Waals surface area contributed by atoms with Crippen LogP contribution in [0, 0.1) is 12.3 Å². The molecule has 0 unspecified atom stereocenters. The molecule has 0 aliphatic heterocycles. The first-order valence-corrected chi connectivity index (χ1v) is 6.03. The molecule has 0 aliphatic rings. The fraction of sp³-hybridized carbons (Fsp3) is 0.333. The molecule has 0 aliphatic carbocycles. The van der Waals surface area contributed by atoms with Crippen LogP contribution in [0.3, 0.4) is 0 Å². The van der Waals surface area contributed by atoms with Crippen LogP contribution in [0.25, 0.3) is 0 Å². The molecule has 1 aromatic rings. The third-order valence-corrected chi connectivity index (χ3v) is 3.36. The van der Waals surface area contributed by atoms with E-state index < -0.39 is 10.8 Å². The lowest BCUT2D eigenvalue weighted by Gasteiger charge is -2.00. The van der Waals surface area contributed by atoms with Gasteiger partial charge in [0.2, 0.25) is 0 Å². The van der Waals surface area contributed by atoms with Gasteiger partial charge in [-0.25, -0.2) is 0 Å². The lowest BCUT2D eigenvalue weighted by molar-refractivity contribution is 0.678. The van der Waals surface area contributed by atoms with Crippen LogP contribution in [0.2, 0.25) is 0 Å². The first-order chi connectivity index (χ1) is 6.84. The quantitative estimate of drug-likeness (QED) is 0.534. The SMILES string of the molecule is C#CCCCC[S@@](=O)c1ccccc1. The fourth-order valence-electron chi connectivity index (χ4n) is 1.15. The number of terminal acetylenes is 1. The monoisotopic (exact) mass is 206 g/mol. The Balaban J connectivity index is 2.33. The predicted octanol–water partition coefficient (Wildman–Crippen LogP) is 2.60. The zero-order valence-electron chi connectivity index (χ0n) is 8.11. The van der Waals surface area contributed by atoms with Gasteiger partial charge >= 0.3 is 0 Å². The molecule has 0 radical (unpaired) electrons. The Labute approximate surface area is 88.0 Å². The highest BCUT2D eigenvalue weighted by molar-refractivity contribution is 7.85. The Morgan fingerprint density at radius 1 is 1.21 bits per heavy atom. The fourth-order valence-corrected chi connectivity index (χ4v) is 2.31. The van der Waals surface area contributed by atoms with E-state index in [1.165, 1.54) is 0 Å². The zero-order chi connectivity index (χ0) is 10.2. The predicted molar refractivity (Wildman–Crippen MR) is 60.4 cm³/mol. The summed E-state index contributed by atoms with van der Waals surface area (Å²) in [5.41, 5.74) is 0. The van der Waals surface area contributed by atoms with Gasteiger partial charge in [0.25, 0.3) is 0 Å². The number of unbranched alkanes of at least 4 members (excludes halogenated alkanes) is 2. The highest BCUT2D eigenvalue weighted by atomic mass is 32.2. The third kappa shape index (κ3) is 3.76. The molecule has 0 bridgehead atoms. The Hall–Kier alpha value is -1.07. The van der Waals surface area contributed by atoms with Gasteiger partial charge in [-0.1, -0.05) is 18.2 Å². The second-order valence-electron chi connectivity index (χ2n) is 3.02. The van der Waals surface area contributed by atoms with Crippen molar-refractivity contribution in [3.63, 3.8) is 0 Å². The van der Waals surface area contributed by atoms with E-state index in [0.29, 0.717) is 5.75 Å². The van der Waals surface area contributed by atoms with E-state index in [9.17, 15) is 4.21 Å². The van der Waals surface area contributed by atoms with Crippen molar-refractivity contribution in [1.82, 2.24) is 0 Å². The molecule has 0 saturated heterocycles. The molecule has 2 heteroatoms. The maximum atomic E-state index is 11.7. The standard InChI is InChI=1S/C12H14OS/c1-2-3-4-8-11-14(13)12-9-6-5-7-10-12/h1,5-7,9-10H,3-4,8,11H2/t14-/m1/s1. The van der Waals surface area contributed by atoms with Crippen LogP contribution >= 0.6 is 0 Å². The first kappa shape index (κ1) is 11.0. The van der Waals surface area contributed by atoms with Gasteiger partial charge in [0.1, 0.15) is 0 Å². The van der Waals surface area contributed by atoms with Gasteiger partial charge in [-0.05, 0) is 25.0 Å². The molecular weight excluding hydrogens is 192 g/mol. The zero-order valence-corrected chi connectivity index (χ0v) is 8.93. The molecule has 1 nitrogen and oxygen atoms in total. The molecule has 0 heterocycles. The van der Waals surface area contributed by atoms with Crippen molar-refractivity contribution in [3.8, 4) is 12.3 Å².